The second-order valence-electron chi connectivity index (χ2n) is 4.69. The first-order chi connectivity index (χ1) is 10.1. The molecule has 3 rings (SSSR count). The fourth-order valence-corrected chi connectivity index (χ4v) is 3.55. The summed E-state index contributed by atoms with van der Waals surface area (Å²) in [5, 5.41) is 0.731. The molecule has 0 atom stereocenters. The number of hydrogen-bond donors (Lipinski definition) is 0. The molecule has 0 spiro atoms. The van der Waals surface area contributed by atoms with E-state index in [9.17, 15) is 0 Å². The molecule has 3 heteroatoms. The van der Waals surface area contributed by atoms with Gasteiger partial charge in [-0.1, -0.05) is 79.9 Å². The SMILES string of the molecule is Clc1cc(-c2ccccc2Br)cc(-c2ccccc2Br)c1. The minimum Gasteiger partial charge on any atom is -0.0843 e. The van der Waals surface area contributed by atoms with E-state index >= 15 is 0 Å². The van der Waals surface area contributed by atoms with Gasteiger partial charge in [0.15, 0.2) is 0 Å². The van der Waals surface area contributed by atoms with Crippen molar-refractivity contribution in [2.75, 3.05) is 0 Å². The largest absolute Gasteiger partial charge is 0.0843 e. The Bertz CT molecular complexity index is 733. The highest BCUT2D eigenvalue weighted by Gasteiger charge is 2.08. The standard InChI is InChI=1S/C18H11Br2Cl/c19-17-7-3-1-5-15(17)12-9-13(11-14(21)10-12)16-6-2-4-8-18(16)20/h1-11H. The van der Waals surface area contributed by atoms with Crippen molar-refractivity contribution in [3.8, 4) is 22.3 Å². The fraction of sp³-hybridized carbons (Fsp3) is 0. The van der Waals surface area contributed by atoms with E-state index in [2.05, 4.69) is 50.1 Å². The summed E-state index contributed by atoms with van der Waals surface area (Å²) in [7, 11) is 0. The minimum atomic E-state index is 0.731. The molecule has 0 radical (unpaired) electrons. The average molecular weight is 423 g/mol. The van der Waals surface area contributed by atoms with Crippen LogP contribution in [0, 0.1) is 0 Å². The molecule has 3 aromatic rings. The third-order valence-corrected chi connectivity index (χ3v) is 4.87. The molecule has 0 amide bonds. The highest BCUT2D eigenvalue weighted by Crippen LogP contribution is 2.36. The van der Waals surface area contributed by atoms with Crippen LogP contribution in [0.5, 0.6) is 0 Å². The smallest absolute Gasteiger partial charge is 0.0418 e. The van der Waals surface area contributed by atoms with Gasteiger partial charge in [0.2, 0.25) is 0 Å². The first-order valence-electron chi connectivity index (χ1n) is 6.45. The number of hydrogen-bond acceptors (Lipinski definition) is 0. The van der Waals surface area contributed by atoms with Crippen molar-refractivity contribution >= 4 is 43.5 Å². The Morgan fingerprint density at radius 3 is 1.48 bits per heavy atom. The molecule has 21 heavy (non-hydrogen) atoms. The van der Waals surface area contributed by atoms with Crippen LogP contribution in [0.25, 0.3) is 22.3 Å². The second kappa shape index (κ2) is 6.35. The van der Waals surface area contributed by atoms with Crippen LogP contribution in [0.4, 0.5) is 0 Å². The third kappa shape index (κ3) is 3.23. The zero-order valence-corrected chi connectivity index (χ0v) is 14.9. The van der Waals surface area contributed by atoms with Crippen LogP contribution in [0.15, 0.2) is 75.7 Å². The highest BCUT2D eigenvalue weighted by molar-refractivity contribution is 9.11. The van der Waals surface area contributed by atoms with Crippen molar-refractivity contribution < 1.29 is 0 Å². The van der Waals surface area contributed by atoms with Gasteiger partial charge in [-0.05, 0) is 52.6 Å². The van der Waals surface area contributed by atoms with Crippen molar-refractivity contribution in [3.05, 3.63) is 80.7 Å². The first-order valence-corrected chi connectivity index (χ1v) is 8.42. The predicted octanol–water partition coefficient (Wildman–Crippen LogP) is 7.20. The molecule has 0 unspecified atom stereocenters. The summed E-state index contributed by atoms with van der Waals surface area (Å²) >= 11 is 13.5. The van der Waals surface area contributed by atoms with E-state index in [0.29, 0.717) is 0 Å². The lowest BCUT2D eigenvalue weighted by Crippen LogP contribution is -1.84. The van der Waals surface area contributed by atoms with E-state index in [0.717, 1.165) is 36.2 Å². The summed E-state index contributed by atoms with van der Waals surface area (Å²) < 4.78 is 2.12. The molecule has 0 aliphatic rings. The Morgan fingerprint density at radius 2 is 1.05 bits per heavy atom. The molecule has 0 heterocycles. The van der Waals surface area contributed by atoms with E-state index in [1.807, 2.05) is 48.5 Å². The van der Waals surface area contributed by atoms with Crippen LogP contribution in [0.3, 0.4) is 0 Å². The lowest BCUT2D eigenvalue weighted by atomic mass is 9.99. The number of halogens is 3. The molecule has 0 saturated carbocycles. The molecular weight excluding hydrogens is 411 g/mol. The van der Waals surface area contributed by atoms with Gasteiger partial charge in [-0.25, -0.2) is 0 Å². The maximum atomic E-state index is 6.32. The lowest BCUT2D eigenvalue weighted by Gasteiger charge is -2.10. The molecule has 0 nitrogen and oxygen atoms in total. The average Bonchev–Trinajstić information content (AvgIpc) is 2.47. The van der Waals surface area contributed by atoms with Gasteiger partial charge in [0.05, 0.1) is 0 Å². The molecular formula is C18H11Br2Cl. The van der Waals surface area contributed by atoms with Gasteiger partial charge in [0.25, 0.3) is 0 Å². The van der Waals surface area contributed by atoms with Crippen molar-refractivity contribution in [1.82, 2.24) is 0 Å². The third-order valence-electron chi connectivity index (χ3n) is 3.27. The van der Waals surface area contributed by atoms with Crippen LogP contribution < -0.4 is 0 Å². The van der Waals surface area contributed by atoms with Crippen molar-refractivity contribution in [2.45, 2.75) is 0 Å². The molecule has 3 aromatic carbocycles. The summed E-state index contributed by atoms with van der Waals surface area (Å²) in [6, 6.07) is 22.4. The molecule has 0 aromatic heterocycles. The zero-order valence-electron chi connectivity index (χ0n) is 11.0. The molecule has 0 saturated heterocycles. The molecule has 0 bridgehead atoms. The normalized spacial score (nSPS) is 10.6. The second-order valence-corrected chi connectivity index (χ2v) is 6.83. The van der Waals surface area contributed by atoms with E-state index in [1.165, 1.54) is 0 Å². The van der Waals surface area contributed by atoms with Crippen molar-refractivity contribution in [1.29, 1.82) is 0 Å². The minimum absolute atomic E-state index is 0.731. The van der Waals surface area contributed by atoms with Gasteiger partial charge in [0.1, 0.15) is 0 Å². The number of benzene rings is 3. The van der Waals surface area contributed by atoms with Crippen LogP contribution in [-0.2, 0) is 0 Å². The van der Waals surface area contributed by atoms with Crippen molar-refractivity contribution in [2.24, 2.45) is 0 Å². The molecule has 0 N–H and O–H groups in total. The maximum absolute atomic E-state index is 6.32. The Balaban J connectivity index is 2.18. The van der Waals surface area contributed by atoms with Crippen LogP contribution in [-0.4, -0.2) is 0 Å². The molecule has 104 valence electrons. The van der Waals surface area contributed by atoms with E-state index < -0.39 is 0 Å². The summed E-state index contributed by atoms with van der Waals surface area (Å²) in [6.07, 6.45) is 0. The van der Waals surface area contributed by atoms with Crippen molar-refractivity contribution in [3.63, 3.8) is 0 Å². The lowest BCUT2D eigenvalue weighted by molar-refractivity contribution is 1.55. The maximum Gasteiger partial charge on any atom is 0.0418 e. The van der Waals surface area contributed by atoms with E-state index in [-0.39, 0.29) is 0 Å². The van der Waals surface area contributed by atoms with Crippen LogP contribution in [0.2, 0.25) is 5.02 Å². The summed E-state index contributed by atoms with van der Waals surface area (Å²) in [6.45, 7) is 0. The Labute approximate surface area is 146 Å². The van der Waals surface area contributed by atoms with Gasteiger partial charge in [-0.2, -0.15) is 0 Å². The summed E-state index contributed by atoms with van der Waals surface area (Å²) in [5.41, 5.74) is 4.46. The van der Waals surface area contributed by atoms with Gasteiger partial charge < -0.3 is 0 Å². The van der Waals surface area contributed by atoms with E-state index in [1.54, 1.807) is 0 Å². The predicted molar refractivity (Wildman–Crippen MR) is 97.7 cm³/mol. The van der Waals surface area contributed by atoms with E-state index in [4.69, 9.17) is 11.6 Å². The Hall–Kier alpha value is -1.09. The highest BCUT2D eigenvalue weighted by atomic mass is 79.9. The topological polar surface area (TPSA) is 0 Å². The fourth-order valence-electron chi connectivity index (χ4n) is 2.29. The Kier molecular flexibility index (Phi) is 4.48. The van der Waals surface area contributed by atoms with Gasteiger partial charge in [-0.15, -0.1) is 0 Å². The monoisotopic (exact) mass is 420 g/mol. The summed E-state index contributed by atoms with van der Waals surface area (Å²) in [5.74, 6) is 0. The number of rotatable bonds is 2. The molecule has 0 aliphatic carbocycles. The van der Waals surface area contributed by atoms with Crippen LogP contribution in [0.1, 0.15) is 0 Å². The molecule has 0 aliphatic heterocycles. The quantitative estimate of drug-likeness (QED) is 0.410. The Morgan fingerprint density at radius 1 is 0.619 bits per heavy atom. The molecule has 0 fully saturated rings. The summed E-state index contributed by atoms with van der Waals surface area (Å²) in [4.78, 5) is 0. The van der Waals surface area contributed by atoms with Gasteiger partial charge in [0, 0.05) is 14.0 Å². The first kappa shape index (κ1) is 14.8. The zero-order chi connectivity index (χ0) is 14.8. The van der Waals surface area contributed by atoms with Gasteiger partial charge >= 0.3 is 0 Å². The van der Waals surface area contributed by atoms with Crippen LogP contribution >= 0.6 is 43.5 Å². The van der Waals surface area contributed by atoms with Gasteiger partial charge in [-0.3, -0.25) is 0 Å².